The van der Waals surface area contributed by atoms with Gasteiger partial charge in [0, 0.05) is 9.79 Å². The SMILES string of the molecule is CCC(CC)(O[PH](=O)OC(CC)(CC)Sc1ccc(OC)cc1)Sc1ccc(OC)cc1. The van der Waals surface area contributed by atoms with E-state index in [1.165, 1.54) is 0 Å². The third-order valence-corrected chi connectivity index (χ3v) is 9.91. The molecule has 0 saturated heterocycles. The van der Waals surface area contributed by atoms with Gasteiger partial charge in [-0.1, -0.05) is 51.2 Å². The molecule has 0 saturated carbocycles. The van der Waals surface area contributed by atoms with Gasteiger partial charge in [0.25, 0.3) is 0 Å². The van der Waals surface area contributed by atoms with Crippen molar-refractivity contribution < 1.29 is 23.1 Å². The topological polar surface area (TPSA) is 54.0 Å². The lowest BCUT2D eigenvalue weighted by atomic mass is 10.2. The van der Waals surface area contributed by atoms with Crippen molar-refractivity contribution in [3.05, 3.63) is 48.5 Å². The zero-order valence-electron chi connectivity index (χ0n) is 19.8. The van der Waals surface area contributed by atoms with Crippen molar-refractivity contribution in [1.82, 2.24) is 0 Å². The van der Waals surface area contributed by atoms with Gasteiger partial charge in [-0.3, -0.25) is 13.6 Å². The van der Waals surface area contributed by atoms with Crippen LogP contribution in [0.15, 0.2) is 58.3 Å². The number of ether oxygens (including phenoxy) is 2. The van der Waals surface area contributed by atoms with Gasteiger partial charge in [-0.05, 0) is 74.2 Å². The Bertz CT molecular complexity index is 765. The maximum absolute atomic E-state index is 13.2. The van der Waals surface area contributed by atoms with E-state index in [9.17, 15) is 4.57 Å². The average molecular weight is 499 g/mol. The summed E-state index contributed by atoms with van der Waals surface area (Å²) >= 11 is 3.16. The Morgan fingerprint density at radius 2 is 0.969 bits per heavy atom. The van der Waals surface area contributed by atoms with E-state index in [1.807, 2.05) is 76.2 Å². The summed E-state index contributed by atoms with van der Waals surface area (Å²) in [4.78, 5) is 0.828. The summed E-state index contributed by atoms with van der Waals surface area (Å²) in [5.74, 6) is 1.61. The van der Waals surface area contributed by atoms with Crippen LogP contribution < -0.4 is 9.47 Å². The summed E-state index contributed by atoms with van der Waals surface area (Å²) in [6, 6.07) is 15.6. The van der Waals surface area contributed by atoms with Crippen LogP contribution in [-0.4, -0.2) is 24.1 Å². The molecule has 0 fully saturated rings. The van der Waals surface area contributed by atoms with E-state index in [0.29, 0.717) is 25.7 Å². The molecule has 5 nitrogen and oxygen atoms in total. The molecule has 0 radical (unpaired) electrons. The number of hydrogen-bond acceptors (Lipinski definition) is 7. The minimum absolute atomic E-state index is 0.622. The molecule has 32 heavy (non-hydrogen) atoms. The van der Waals surface area contributed by atoms with Gasteiger partial charge in [0.05, 0.1) is 14.2 Å². The molecule has 0 unspecified atom stereocenters. The smallest absolute Gasteiger partial charge is 0.321 e. The molecule has 0 aliphatic heterocycles. The molecule has 0 aromatic heterocycles. The second kappa shape index (κ2) is 13.0. The van der Waals surface area contributed by atoms with Crippen LogP contribution in [0, 0.1) is 0 Å². The number of hydrogen-bond donors (Lipinski definition) is 0. The maximum Gasteiger partial charge on any atom is 0.321 e. The van der Waals surface area contributed by atoms with Crippen molar-refractivity contribution in [3.63, 3.8) is 0 Å². The highest BCUT2D eigenvalue weighted by atomic mass is 32.2. The van der Waals surface area contributed by atoms with Crippen LogP contribution in [0.25, 0.3) is 0 Å². The zero-order valence-corrected chi connectivity index (χ0v) is 22.4. The molecule has 178 valence electrons. The fourth-order valence-electron chi connectivity index (χ4n) is 3.16. The van der Waals surface area contributed by atoms with Gasteiger partial charge in [-0.15, -0.1) is 0 Å². The first kappa shape index (κ1) is 27.1. The maximum atomic E-state index is 13.2. The van der Waals surface area contributed by atoms with Crippen molar-refractivity contribution in [3.8, 4) is 11.5 Å². The first-order valence-electron chi connectivity index (χ1n) is 10.9. The van der Waals surface area contributed by atoms with Gasteiger partial charge in [0.1, 0.15) is 21.4 Å². The highest BCUT2D eigenvalue weighted by molar-refractivity contribution is 8.01. The number of benzene rings is 2. The minimum Gasteiger partial charge on any atom is -0.497 e. The molecular weight excluding hydrogens is 463 g/mol. The monoisotopic (exact) mass is 498 g/mol. The predicted octanol–water partition coefficient (Wildman–Crippen LogP) is 8.04. The quantitative estimate of drug-likeness (QED) is 0.148. The number of rotatable bonds is 14. The molecule has 0 heterocycles. The van der Waals surface area contributed by atoms with Crippen LogP contribution >= 0.6 is 31.8 Å². The highest BCUT2D eigenvalue weighted by Gasteiger charge is 2.36. The first-order chi connectivity index (χ1) is 15.4. The Morgan fingerprint density at radius 1 is 0.656 bits per heavy atom. The highest BCUT2D eigenvalue weighted by Crippen LogP contribution is 2.51. The number of thioether (sulfide) groups is 2. The molecule has 2 aromatic rings. The molecule has 0 aliphatic carbocycles. The van der Waals surface area contributed by atoms with Crippen LogP contribution in [0.2, 0.25) is 0 Å². The van der Waals surface area contributed by atoms with Crippen LogP contribution in [0.3, 0.4) is 0 Å². The summed E-state index contributed by atoms with van der Waals surface area (Å²) in [5, 5.41) is 0. The van der Waals surface area contributed by atoms with E-state index in [4.69, 9.17) is 18.5 Å². The summed E-state index contributed by atoms with van der Waals surface area (Å²) < 4.78 is 36.0. The Morgan fingerprint density at radius 3 is 1.22 bits per heavy atom. The summed E-state index contributed by atoms with van der Waals surface area (Å²) in [5.41, 5.74) is 0. The van der Waals surface area contributed by atoms with Crippen molar-refractivity contribution in [2.75, 3.05) is 14.2 Å². The largest absolute Gasteiger partial charge is 0.497 e. The van der Waals surface area contributed by atoms with E-state index in [2.05, 4.69) is 0 Å². The lowest BCUT2D eigenvalue weighted by molar-refractivity contribution is 0.0881. The third kappa shape index (κ3) is 7.46. The summed E-state index contributed by atoms with van der Waals surface area (Å²) in [6.45, 7) is 8.20. The van der Waals surface area contributed by atoms with Crippen LogP contribution in [0.4, 0.5) is 0 Å². The van der Waals surface area contributed by atoms with Gasteiger partial charge in [-0.2, -0.15) is 0 Å². The van der Waals surface area contributed by atoms with Crippen LogP contribution in [-0.2, 0) is 13.6 Å². The van der Waals surface area contributed by atoms with E-state index >= 15 is 0 Å². The molecule has 0 aliphatic rings. The van der Waals surface area contributed by atoms with Gasteiger partial charge in [0.15, 0.2) is 0 Å². The summed E-state index contributed by atoms with van der Waals surface area (Å²) in [6.07, 6.45) is 2.82. The zero-order chi connectivity index (χ0) is 23.6. The Balaban J connectivity index is 2.13. The van der Waals surface area contributed by atoms with Gasteiger partial charge >= 0.3 is 8.25 Å². The molecule has 0 amide bonds. The molecule has 8 heteroatoms. The normalized spacial score (nSPS) is 12.2. The minimum atomic E-state index is -2.75. The molecule has 0 atom stereocenters. The van der Waals surface area contributed by atoms with E-state index in [0.717, 1.165) is 21.3 Å². The van der Waals surface area contributed by atoms with E-state index < -0.39 is 18.1 Å². The summed E-state index contributed by atoms with van der Waals surface area (Å²) in [7, 11) is 0.540. The number of methoxy groups -OCH3 is 2. The lowest BCUT2D eigenvalue weighted by Crippen LogP contribution is -2.28. The second-order valence-electron chi connectivity index (χ2n) is 7.24. The van der Waals surface area contributed by atoms with Gasteiger partial charge in [-0.25, -0.2) is 0 Å². The Labute approximate surface area is 201 Å². The predicted molar refractivity (Wildman–Crippen MR) is 135 cm³/mol. The molecule has 0 spiro atoms. The van der Waals surface area contributed by atoms with Crippen LogP contribution in [0.5, 0.6) is 11.5 Å². The van der Waals surface area contributed by atoms with Crippen molar-refractivity contribution in [1.29, 1.82) is 0 Å². The molecule has 2 rings (SSSR count). The van der Waals surface area contributed by atoms with E-state index in [1.54, 1.807) is 37.7 Å². The van der Waals surface area contributed by atoms with Crippen molar-refractivity contribution in [2.24, 2.45) is 0 Å². The molecule has 2 aromatic carbocycles. The van der Waals surface area contributed by atoms with Gasteiger partial charge < -0.3 is 9.47 Å². The van der Waals surface area contributed by atoms with Crippen molar-refractivity contribution >= 4 is 31.8 Å². The second-order valence-corrected chi connectivity index (χ2v) is 11.0. The fourth-order valence-corrected chi connectivity index (χ4v) is 7.11. The fraction of sp³-hybridized carbons (Fsp3) is 0.500. The molecular formula is C24H35O5PS2. The van der Waals surface area contributed by atoms with Gasteiger partial charge in [0.2, 0.25) is 0 Å². The average Bonchev–Trinajstić information content (AvgIpc) is 2.84. The Kier molecular flexibility index (Phi) is 11.0. The van der Waals surface area contributed by atoms with Crippen molar-refractivity contribution in [2.45, 2.75) is 73.0 Å². The third-order valence-electron chi connectivity index (χ3n) is 5.42. The van der Waals surface area contributed by atoms with E-state index in [-0.39, 0.29) is 0 Å². The molecule has 0 N–H and O–H groups in total. The van der Waals surface area contributed by atoms with Crippen LogP contribution in [0.1, 0.15) is 53.4 Å². The lowest BCUT2D eigenvalue weighted by Gasteiger charge is -2.35. The molecule has 0 bridgehead atoms. The standard InChI is InChI=1S/C24H35O5PS2/c1-7-23(8-2,31-21-15-11-19(26-5)12-16-21)28-30(25)29-24(9-3,10-4)32-22-17-13-20(27-6)14-18-22/h11-18,30H,7-10H2,1-6H3. The Hall–Kier alpha value is -1.11. The first-order valence-corrected chi connectivity index (χ1v) is 13.8.